The maximum atomic E-state index is 4.08. The fourth-order valence-electron chi connectivity index (χ4n) is 3.34. The summed E-state index contributed by atoms with van der Waals surface area (Å²) in [5.74, 6) is 3.73. The van der Waals surface area contributed by atoms with Gasteiger partial charge in [0.25, 0.3) is 0 Å². The molecule has 0 heteroatoms. The number of allylic oxidation sites excluding steroid dienone is 1. The second-order valence-corrected chi connectivity index (χ2v) is 6.64. The lowest BCUT2D eigenvalue weighted by molar-refractivity contribution is 0.398. The molecule has 0 aromatic carbocycles. The highest BCUT2D eigenvalue weighted by Crippen LogP contribution is 2.66. The van der Waals surface area contributed by atoms with Crippen molar-refractivity contribution in [3.63, 3.8) is 0 Å². The molecule has 0 aromatic heterocycles. The predicted octanol–water partition coefficient (Wildman–Crippen LogP) is 4.66. The molecule has 0 saturated heterocycles. The summed E-state index contributed by atoms with van der Waals surface area (Å²) >= 11 is 0. The van der Waals surface area contributed by atoms with Crippen LogP contribution in [-0.4, -0.2) is 0 Å². The van der Waals surface area contributed by atoms with Crippen molar-refractivity contribution in [2.45, 2.75) is 53.4 Å². The Morgan fingerprint density at radius 2 is 2.07 bits per heavy atom. The maximum absolute atomic E-state index is 4.08. The molecule has 4 atom stereocenters. The molecule has 0 nitrogen and oxygen atoms in total. The van der Waals surface area contributed by atoms with E-state index in [4.69, 9.17) is 0 Å². The van der Waals surface area contributed by atoms with Crippen molar-refractivity contribution in [1.82, 2.24) is 0 Å². The van der Waals surface area contributed by atoms with Crippen molar-refractivity contribution in [3.8, 4) is 0 Å². The molecule has 0 radical (unpaired) electrons. The molecular weight excluding hydrogens is 180 g/mol. The highest BCUT2D eigenvalue weighted by Gasteiger charge is 2.58. The van der Waals surface area contributed by atoms with Gasteiger partial charge in [0.1, 0.15) is 0 Å². The van der Waals surface area contributed by atoms with Crippen LogP contribution in [-0.2, 0) is 0 Å². The minimum atomic E-state index is 0.666. The third kappa shape index (κ3) is 2.14. The van der Waals surface area contributed by atoms with E-state index >= 15 is 0 Å². The molecule has 0 amide bonds. The number of hydrogen-bond acceptors (Lipinski definition) is 0. The Morgan fingerprint density at radius 1 is 1.47 bits per heavy atom. The monoisotopic (exact) mass is 206 g/mol. The van der Waals surface area contributed by atoms with Crippen LogP contribution in [0.2, 0.25) is 0 Å². The molecule has 0 aromatic rings. The van der Waals surface area contributed by atoms with Crippen molar-refractivity contribution in [1.29, 1.82) is 0 Å². The van der Waals surface area contributed by atoms with E-state index in [1.165, 1.54) is 31.3 Å². The Hall–Kier alpha value is -0.260. The topological polar surface area (TPSA) is 0 Å². The first-order valence-corrected chi connectivity index (χ1v) is 6.63. The molecule has 86 valence electrons. The van der Waals surface area contributed by atoms with E-state index in [0.29, 0.717) is 5.41 Å². The minimum absolute atomic E-state index is 0.666. The van der Waals surface area contributed by atoms with E-state index in [2.05, 4.69) is 34.3 Å². The van der Waals surface area contributed by atoms with Crippen LogP contribution in [0.1, 0.15) is 53.4 Å². The lowest BCUT2D eigenvalue weighted by Crippen LogP contribution is -2.01. The van der Waals surface area contributed by atoms with Crippen molar-refractivity contribution in [3.05, 3.63) is 12.2 Å². The van der Waals surface area contributed by atoms with Gasteiger partial charge in [-0.25, -0.2) is 0 Å². The third-order valence-electron chi connectivity index (χ3n) is 5.05. The lowest BCUT2D eigenvalue weighted by Gasteiger charge is -2.11. The summed E-state index contributed by atoms with van der Waals surface area (Å²) in [6, 6.07) is 0. The van der Waals surface area contributed by atoms with Crippen LogP contribution < -0.4 is 0 Å². The Bertz CT molecular complexity index is 263. The lowest BCUT2D eigenvalue weighted by atomic mass is 9.94. The normalized spacial score (nSPS) is 43.5. The smallest absolute Gasteiger partial charge is 0.0163 e. The van der Waals surface area contributed by atoms with Crippen LogP contribution in [0.3, 0.4) is 0 Å². The fourth-order valence-corrected chi connectivity index (χ4v) is 3.34. The summed E-state index contributed by atoms with van der Waals surface area (Å²) < 4.78 is 0. The first kappa shape index (κ1) is 11.2. The van der Waals surface area contributed by atoms with Gasteiger partial charge in [-0.3, -0.25) is 0 Å². The Morgan fingerprint density at radius 3 is 2.53 bits per heavy atom. The van der Waals surface area contributed by atoms with Crippen LogP contribution in [0.4, 0.5) is 0 Å². The molecule has 2 aliphatic rings. The zero-order valence-corrected chi connectivity index (χ0v) is 10.8. The molecule has 15 heavy (non-hydrogen) atoms. The Kier molecular flexibility index (Phi) is 2.73. The van der Waals surface area contributed by atoms with Gasteiger partial charge in [-0.15, -0.1) is 0 Å². The van der Waals surface area contributed by atoms with Gasteiger partial charge in [-0.05, 0) is 48.3 Å². The molecule has 0 heterocycles. The highest BCUT2D eigenvalue weighted by atomic mass is 14.6. The Labute approximate surface area is 95.1 Å². The summed E-state index contributed by atoms with van der Waals surface area (Å²) in [6.45, 7) is 13.7. The summed E-state index contributed by atoms with van der Waals surface area (Å²) in [5, 5.41) is 0. The van der Waals surface area contributed by atoms with E-state index in [-0.39, 0.29) is 0 Å². The minimum Gasteiger partial charge on any atom is -0.0995 e. The molecule has 4 unspecified atom stereocenters. The molecule has 0 bridgehead atoms. The van der Waals surface area contributed by atoms with E-state index in [1.807, 2.05) is 0 Å². The van der Waals surface area contributed by atoms with Crippen LogP contribution in [0, 0.1) is 29.1 Å². The molecule has 2 aliphatic carbocycles. The molecule has 0 N–H and O–H groups in total. The van der Waals surface area contributed by atoms with Gasteiger partial charge < -0.3 is 0 Å². The van der Waals surface area contributed by atoms with Gasteiger partial charge in [0.15, 0.2) is 0 Å². The largest absolute Gasteiger partial charge is 0.0995 e. The Balaban J connectivity index is 1.80. The fraction of sp³-hybridized carbons (Fsp3) is 0.867. The average Bonchev–Trinajstić information content (AvgIpc) is 2.93. The van der Waals surface area contributed by atoms with Crippen molar-refractivity contribution >= 4 is 0 Å². The number of hydrogen-bond donors (Lipinski definition) is 0. The number of rotatable bonds is 5. The van der Waals surface area contributed by atoms with E-state index in [0.717, 1.165) is 23.7 Å². The van der Waals surface area contributed by atoms with E-state index in [1.54, 1.807) is 0 Å². The summed E-state index contributed by atoms with van der Waals surface area (Å²) in [7, 11) is 0. The third-order valence-corrected chi connectivity index (χ3v) is 5.05. The van der Waals surface area contributed by atoms with Crippen LogP contribution >= 0.6 is 0 Å². The summed E-state index contributed by atoms with van der Waals surface area (Å²) in [5.41, 5.74) is 2.18. The first-order chi connectivity index (χ1) is 6.95. The predicted molar refractivity (Wildman–Crippen MR) is 66.7 cm³/mol. The zero-order chi connectivity index (χ0) is 11.2. The van der Waals surface area contributed by atoms with E-state index in [9.17, 15) is 0 Å². The van der Waals surface area contributed by atoms with Gasteiger partial charge in [0, 0.05) is 0 Å². The maximum Gasteiger partial charge on any atom is -0.0163 e. The molecular formula is C15H26. The molecule has 2 saturated carbocycles. The van der Waals surface area contributed by atoms with Gasteiger partial charge in [0.05, 0.1) is 0 Å². The van der Waals surface area contributed by atoms with Crippen LogP contribution in [0.5, 0.6) is 0 Å². The van der Waals surface area contributed by atoms with E-state index < -0.39 is 0 Å². The average molecular weight is 206 g/mol. The summed E-state index contributed by atoms with van der Waals surface area (Å²) in [6.07, 6.45) is 5.61. The zero-order valence-electron chi connectivity index (χ0n) is 10.8. The van der Waals surface area contributed by atoms with Crippen LogP contribution in [0.25, 0.3) is 0 Å². The molecule has 0 aliphatic heterocycles. The molecule has 2 fully saturated rings. The quantitative estimate of drug-likeness (QED) is 0.574. The second kappa shape index (κ2) is 3.64. The van der Waals surface area contributed by atoms with Crippen molar-refractivity contribution in [2.75, 3.05) is 0 Å². The SMILES string of the molecule is C=C1CC1CC1(C)C(C)C1CCC(C)C. The van der Waals surface area contributed by atoms with Gasteiger partial charge >= 0.3 is 0 Å². The van der Waals surface area contributed by atoms with Gasteiger partial charge in [-0.2, -0.15) is 0 Å². The standard InChI is InChI=1S/C15H26/c1-10(2)6-7-14-12(4)15(14,5)9-13-8-11(13)3/h10,12-14H,3,6-9H2,1-2,4-5H3. The van der Waals surface area contributed by atoms with Gasteiger partial charge in [-0.1, -0.05) is 46.3 Å². The molecule has 0 spiro atoms. The van der Waals surface area contributed by atoms with Crippen LogP contribution in [0.15, 0.2) is 12.2 Å². The second-order valence-electron chi connectivity index (χ2n) is 6.64. The van der Waals surface area contributed by atoms with Gasteiger partial charge in [0.2, 0.25) is 0 Å². The first-order valence-electron chi connectivity index (χ1n) is 6.63. The summed E-state index contributed by atoms with van der Waals surface area (Å²) in [4.78, 5) is 0. The highest BCUT2D eigenvalue weighted by molar-refractivity contribution is 5.22. The molecule has 2 rings (SSSR count). The van der Waals surface area contributed by atoms with Crippen molar-refractivity contribution < 1.29 is 0 Å². The van der Waals surface area contributed by atoms with Crippen molar-refractivity contribution in [2.24, 2.45) is 29.1 Å².